The van der Waals surface area contributed by atoms with Crippen LogP contribution >= 0.6 is 0 Å². The van der Waals surface area contributed by atoms with Crippen LogP contribution in [0.1, 0.15) is 17.9 Å². The van der Waals surface area contributed by atoms with Crippen molar-refractivity contribution in [1.82, 2.24) is 30.5 Å². The minimum atomic E-state index is -1.09. The summed E-state index contributed by atoms with van der Waals surface area (Å²) in [6.07, 6.45) is 3.44. The maximum absolute atomic E-state index is 12.3. The lowest BCUT2D eigenvalue weighted by Gasteiger charge is -2.18. The average molecular weight is 413 g/mol. The summed E-state index contributed by atoms with van der Waals surface area (Å²) in [5.74, 6) is 0.191. The molecule has 1 fully saturated rings. The van der Waals surface area contributed by atoms with Gasteiger partial charge in [0, 0.05) is 30.4 Å². The highest BCUT2D eigenvalue weighted by Crippen LogP contribution is 2.29. The summed E-state index contributed by atoms with van der Waals surface area (Å²) in [6, 6.07) is 2.59. The molecular weight excluding hydrogens is 390 g/mol. The highest BCUT2D eigenvalue weighted by atomic mass is 16.5. The van der Waals surface area contributed by atoms with Gasteiger partial charge in [-0.1, -0.05) is 10.4 Å². The summed E-state index contributed by atoms with van der Waals surface area (Å²) in [7, 11) is 0. The molecule has 11 heteroatoms. The van der Waals surface area contributed by atoms with E-state index in [2.05, 4.69) is 31.1 Å². The molecule has 1 aliphatic carbocycles. The Kier molecular flexibility index (Phi) is 5.46. The number of aromatic nitrogens is 5. The average Bonchev–Trinajstić information content (AvgIpc) is 3.40. The molecule has 0 spiro atoms. The van der Waals surface area contributed by atoms with Gasteiger partial charge in [-0.15, -0.1) is 5.10 Å². The summed E-state index contributed by atoms with van der Waals surface area (Å²) in [6.45, 7) is 3.76. The van der Waals surface area contributed by atoms with E-state index in [0.29, 0.717) is 35.8 Å². The quantitative estimate of drug-likeness (QED) is 0.481. The van der Waals surface area contributed by atoms with Crippen LogP contribution in [0.2, 0.25) is 0 Å². The SMILES string of the molecule is Cc1noc(C)c1NC(=O)NC1CC(Cn2cc(-c3cccnc3)nn2)C(O)C1O. The fourth-order valence-corrected chi connectivity index (χ4v) is 3.70. The molecule has 11 nitrogen and oxygen atoms in total. The number of amides is 2. The predicted molar refractivity (Wildman–Crippen MR) is 105 cm³/mol. The van der Waals surface area contributed by atoms with Gasteiger partial charge < -0.3 is 25.4 Å². The molecule has 4 N–H and O–H groups in total. The summed E-state index contributed by atoms with van der Waals surface area (Å²) in [5.41, 5.74) is 2.56. The van der Waals surface area contributed by atoms with Gasteiger partial charge in [0.05, 0.1) is 18.3 Å². The summed E-state index contributed by atoms with van der Waals surface area (Å²) in [5, 5.41) is 38.3. The number of aliphatic hydroxyl groups excluding tert-OH is 2. The Hall–Kier alpha value is -3.31. The number of anilines is 1. The van der Waals surface area contributed by atoms with E-state index in [1.165, 1.54) is 0 Å². The van der Waals surface area contributed by atoms with Crippen molar-refractivity contribution in [3.8, 4) is 11.3 Å². The number of urea groups is 1. The van der Waals surface area contributed by atoms with E-state index in [0.717, 1.165) is 5.56 Å². The van der Waals surface area contributed by atoms with Crippen LogP contribution in [0.4, 0.5) is 10.5 Å². The topological polar surface area (TPSA) is 151 Å². The molecule has 0 saturated heterocycles. The van der Waals surface area contributed by atoms with Crippen LogP contribution < -0.4 is 10.6 Å². The highest BCUT2D eigenvalue weighted by Gasteiger charge is 2.42. The minimum Gasteiger partial charge on any atom is -0.390 e. The third kappa shape index (κ3) is 4.02. The Labute approximate surface area is 172 Å². The second-order valence-electron chi connectivity index (χ2n) is 7.45. The Balaban J connectivity index is 1.37. The Bertz CT molecular complexity index is 1000. The van der Waals surface area contributed by atoms with E-state index in [9.17, 15) is 15.0 Å². The smallest absolute Gasteiger partial charge is 0.319 e. The Morgan fingerprint density at radius 3 is 2.87 bits per heavy atom. The van der Waals surface area contributed by atoms with E-state index in [1.807, 2.05) is 12.1 Å². The van der Waals surface area contributed by atoms with Crippen LogP contribution in [-0.2, 0) is 6.54 Å². The number of carbonyl (C=O) groups excluding carboxylic acids is 1. The van der Waals surface area contributed by atoms with Gasteiger partial charge in [0.15, 0.2) is 5.76 Å². The first-order valence-electron chi connectivity index (χ1n) is 9.59. The van der Waals surface area contributed by atoms with Crippen molar-refractivity contribution < 1.29 is 19.5 Å². The van der Waals surface area contributed by atoms with E-state index < -0.39 is 24.3 Å². The van der Waals surface area contributed by atoms with Gasteiger partial charge in [0.2, 0.25) is 0 Å². The van der Waals surface area contributed by atoms with Gasteiger partial charge in [-0.05, 0) is 32.4 Å². The van der Waals surface area contributed by atoms with Crippen molar-refractivity contribution in [2.75, 3.05) is 5.32 Å². The van der Waals surface area contributed by atoms with Crippen LogP contribution in [0.5, 0.6) is 0 Å². The molecule has 0 radical (unpaired) electrons. The Morgan fingerprint density at radius 1 is 1.33 bits per heavy atom. The van der Waals surface area contributed by atoms with Crippen LogP contribution in [0.15, 0.2) is 35.2 Å². The molecule has 4 atom stereocenters. The number of pyridine rings is 1. The zero-order chi connectivity index (χ0) is 21.3. The third-order valence-electron chi connectivity index (χ3n) is 5.31. The second-order valence-corrected chi connectivity index (χ2v) is 7.45. The molecule has 1 aliphatic rings. The number of aliphatic hydroxyl groups is 2. The zero-order valence-corrected chi connectivity index (χ0v) is 16.6. The number of hydrogen-bond acceptors (Lipinski definition) is 8. The summed E-state index contributed by atoms with van der Waals surface area (Å²) in [4.78, 5) is 16.4. The molecule has 1 saturated carbocycles. The summed E-state index contributed by atoms with van der Waals surface area (Å²) >= 11 is 0. The van der Waals surface area contributed by atoms with Crippen molar-refractivity contribution in [3.63, 3.8) is 0 Å². The molecule has 4 rings (SSSR count). The molecule has 4 unspecified atom stereocenters. The molecule has 0 bridgehead atoms. The molecule has 3 aromatic heterocycles. The lowest BCUT2D eigenvalue weighted by Crippen LogP contribution is -2.44. The molecule has 3 aromatic rings. The van der Waals surface area contributed by atoms with Gasteiger partial charge in [-0.25, -0.2) is 4.79 Å². The largest absolute Gasteiger partial charge is 0.390 e. The van der Waals surface area contributed by atoms with E-state index in [1.54, 1.807) is 37.1 Å². The maximum atomic E-state index is 12.3. The van der Waals surface area contributed by atoms with Gasteiger partial charge in [0.25, 0.3) is 0 Å². The predicted octanol–water partition coefficient (Wildman–Crippen LogP) is 0.877. The fraction of sp³-hybridized carbons (Fsp3) is 0.421. The van der Waals surface area contributed by atoms with E-state index >= 15 is 0 Å². The first-order chi connectivity index (χ1) is 14.4. The molecule has 0 aliphatic heterocycles. The zero-order valence-electron chi connectivity index (χ0n) is 16.6. The lowest BCUT2D eigenvalue weighted by molar-refractivity contribution is 0.00878. The monoisotopic (exact) mass is 413 g/mol. The minimum absolute atomic E-state index is 0.298. The second kappa shape index (κ2) is 8.20. The third-order valence-corrected chi connectivity index (χ3v) is 5.31. The molecule has 3 heterocycles. The number of rotatable bonds is 5. The van der Waals surface area contributed by atoms with Gasteiger partial charge in [0.1, 0.15) is 23.2 Å². The van der Waals surface area contributed by atoms with Crippen molar-refractivity contribution in [2.24, 2.45) is 5.92 Å². The standard InChI is InChI=1S/C19H23N7O4/c1-10-16(11(2)30-24-10)22-19(29)21-14-6-13(17(27)18(14)28)8-26-9-15(23-25-26)12-4-3-5-20-7-12/h3-5,7,9,13-14,17-18,27-28H,6,8H2,1-2H3,(H2,21,22,29). The Morgan fingerprint density at radius 2 is 2.17 bits per heavy atom. The number of carbonyl (C=O) groups is 1. The normalized spacial score (nSPS) is 23.5. The molecular formula is C19H23N7O4. The van der Waals surface area contributed by atoms with Gasteiger partial charge in [-0.3, -0.25) is 9.67 Å². The van der Waals surface area contributed by atoms with E-state index in [4.69, 9.17) is 4.52 Å². The van der Waals surface area contributed by atoms with E-state index in [-0.39, 0.29) is 5.92 Å². The highest BCUT2D eigenvalue weighted by molar-refractivity contribution is 5.90. The van der Waals surface area contributed by atoms with Crippen LogP contribution in [0, 0.1) is 19.8 Å². The first kappa shape index (κ1) is 20.0. The molecule has 2 amide bonds. The number of aryl methyl sites for hydroxylation is 2. The number of nitrogens with zero attached hydrogens (tertiary/aromatic N) is 5. The van der Waals surface area contributed by atoms with Crippen molar-refractivity contribution in [1.29, 1.82) is 0 Å². The lowest BCUT2D eigenvalue weighted by atomic mass is 10.1. The van der Waals surface area contributed by atoms with Crippen LogP contribution in [0.25, 0.3) is 11.3 Å². The molecule has 158 valence electrons. The molecule has 30 heavy (non-hydrogen) atoms. The number of nitrogens with one attached hydrogen (secondary N) is 2. The van der Waals surface area contributed by atoms with Crippen molar-refractivity contribution in [3.05, 3.63) is 42.2 Å². The van der Waals surface area contributed by atoms with Gasteiger partial charge in [-0.2, -0.15) is 0 Å². The van der Waals surface area contributed by atoms with Crippen LogP contribution in [0.3, 0.4) is 0 Å². The van der Waals surface area contributed by atoms with Crippen LogP contribution in [-0.4, -0.2) is 59.6 Å². The van der Waals surface area contributed by atoms with Crippen molar-refractivity contribution in [2.45, 2.75) is 45.1 Å². The first-order valence-corrected chi connectivity index (χ1v) is 9.59. The van der Waals surface area contributed by atoms with Crippen molar-refractivity contribution >= 4 is 11.7 Å². The number of hydrogen-bond donors (Lipinski definition) is 4. The maximum Gasteiger partial charge on any atom is 0.319 e. The fourth-order valence-electron chi connectivity index (χ4n) is 3.70. The summed E-state index contributed by atoms with van der Waals surface area (Å²) < 4.78 is 6.64. The molecule has 0 aromatic carbocycles. The van der Waals surface area contributed by atoms with Gasteiger partial charge >= 0.3 is 6.03 Å².